The number of rotatable bonds is 4. The van der Waals surface area contributed by atoms with E-state index in [0.717, 1.165) is 36.4 Å². The molecule has 5 heteroatoms. The maximum Gasteiger partial charge on any atom is 0.227 e. The molecule has 17 heavy (non-hydrogen) atoms. The van der Waals surface area contributed by atoms with Crippen molar-refractivity contribution in [1.29, 1.82) is 0 Å². The third-order valence-corrected chi connectivity index (χ3v) is 4.35. The zero-order valence-corrected chi connectivity index (χ0v) is 11.0. The topological polar surface area (TPSA) is 68.0 Å². The summed E-state index contributed by atoms with van der Waals surface area (Å²) in [5.41, 5.74) is 6.39. The summed E-state index contributed by atoms with van der Waals surface area (Å²) >= 11 is 1.61. The van der Waals surface area contributed by atoms with Crippen LogP contribution in [-0.4, -0.2) is 17.4 Å². The number of thiazole rings is 1. The number of aryl methyl sites for hydroxylation is 1. The number of nitrogens with zero attached hydrogens (tertiary/aromatic N) is 1. The molecule has 1 aliphatic rings. The fourth-order valence-corrected chi connectivity index (χ4v) is 3.04. The Morgan fingerprint density at radius 2 is 2.29 bits per heavy atom. The van der Waals surface area contributed by atoms with Gasteiger partial charge >= 0.3 is 0 Å². The molecule has 0 unspecified atom stereocenters. The van der Waals surface area contributed by atoms with Crippen LogP contribution in [0.25, 0.3) is 0 Å². The zero-order valence-electron chi connectivity index (χ0n) is 10.2. The molecular weight excluding hydrogens is 234 g/mol. The highest BCUT2D eigenvalue weighted by Gasteiger charge is 2.39. The molecule has 0 radical (unpaired) electrons. The van der Waals surface area contributed by atoms with Crippen LogP contribution in [0.5, 0.6) is 0 Å². The Morgan fingerprint density at radius 1 is 1.59 bits per heavy atom. The van der Waals surface area contributed by atoms with E-state index in [1.165, 1.54) is 0 Å². The Hall–Kier alpha value is -0.940. The Kier molecular flexibility index (Phi) is 3.79. The van der Waals surface area contributed by atoms with Crippen LogP contribution in [0.15, 0.2) is 5.38 Å². The summed E-state index contributed by atoms with van der Waals surface area (Å²) in [5.74, 6) is 0.100. The fourth-order valence-electron chi connectivity index (χ4n) is 2.42. The van der Waals surface area contributed by atoms with Crippen LogP contribution in [0.1, 0.15) is 36.4 Å². The zero-order chi connectivity index (χ0) is 12.3. The van der Waals surface area contributed by atoms with Crippen molar-refractivity contribution in [2.45, 2.75) is 39.2 Å². The average Bonchev–Trinajstić information content (AvgIpc) is 2.95. The van der Waals surface area contributed by atoms with Gasteiger partial charge in [0.15, 0.2) is 0 Å². The first-order chi connectivity index (χ1) is 8.16. The van der Waals surface area contributed by atoms with Gasteiger partial charge in [-0.05, 0) is 19.8 Å². The summed E-state index contributed by atoms with van der Waals surface area (Å²) < 4.78 is 0. The van der Waals surface area contributed by atoms with Crippen molar-refractivity contribution in [3.05, 3.63) is 16.1 Å². The molecule has 0 atom stereocenters. The van der Waals surface area contributed by atoms with Crippen molar-refractivity contribution >= 4 is 17.2 Å². The van der Waals surface area contributed by atoms with Gasteiger partial charge in [0.1, 0.15) is 0 Å². The number of amides is 1. The third-order valence-electron chi connectivity index (χ3n) is 3.53. The molecule has 1 amide bonds. The van der Waals surface area contributed by atoms with Gasteiger partial charge in [-0.3, -0.25) is 4.79 Å². The second kappa shape index (κ2) is 5.14. The van der Waals surface area contributed by atoms with Crippen LogP contribution in [0.4, 0.5) is 0 Å². The first-order valence-corrected chi connectivity index (χ1v) is 6.94. The van der Waals surface area contributed by atoms with E-state index in [0.29, 0.717) is 13.1 Å². The van der Waals surface area contributed by atoms with E-state index in [1.807, 2.05) is 12.3 Å². The molecule has 1 saturated carbocycles. The van der Waals surface area contributed by atoms with E-state index in [-0.39, 0.29) is 11.3 Å². The van der Waals surface area contributed by atoms with Crippen LogP contribution < -0.4 is 11.1 Å². The van der Waals surface area contributed by atoms with E-state index in [2.05, 4.69) is 10.3 Å². The van der Waals surface area contributed by atoms with E-state index >= 15 is 0 Å². The summed E-state index contributed by atoms with van der Waals surface area (Å²) in [6, 6.07) is 0. The van der Waals surface area contributed by atoms with Gasteiger partial charge in [-0.2, -0.15) is 0 Å². The maximum atomic E-state index is 12.2. The minimum Gasteiger partial charge on any atom is -0.350 e. The van der Waals surface area contributed by atoms with E-state index < -0.39 is 0 Å². The Labute approximate surface area is 106 Å². The molecule has 2 rings (SSSR count). The van der Waals surface area contributed by atoms with E-state index in [9.17, 15) is 4.79 Å². The molecule has 4 nitrogen and oxygen atoms in total. The minimum absolute atomic E-state index is 0.100. The number of hydrogen-bond acceptors (Lipinski definition) is 4. The van der Waals surface area contributed by atoms with Crippen molar-refractivity contribution in [2.75, 3.05) is 6.54 Å². The van der Waals surface area contributed by atoms with Gasteiger partial charge < -0.3 is 11.1 Å². The van der Waals surface area contributed by atoms with Crippen LogP contribution in [0.3, 0.4) is 0 Å². The lowest BCUT2D eigenvalue weighted by molar-refractivity contribution is -0.130. The van der Waals surface area contributed by atoms with Crippen LogP contribution >= 0.6 is 11.3 Å². The molecule has 0 spiro atoms. The van der Waals surface area contributed by atoms with E-state index in [1.54, 1.807) is 11.3 Å². The van der Waals surface area contributed by atoms with Gasteiger partial charge in [0.2, 0.25) is 5.91 Å². The number of aromatic nitrogens is 1. The van der Waals surface area contributed by atoms with Gasteiger partial charge in [0.05, 0.1) is 22.7 Å². The first-order valence-electron chi connectivity index (χ1n) is 6.06. The standard InChI is InChI=1S/C12H19N3OS/c1-9-15-10(7-17-9)6-14-11(16)12(8-13)4-2-3-5-12/h7H,2-6,8,13H2,1H3,(H,14,16). The largest absolute Gasteiger partial charge is 0.350 e. The fraction of sp³-hybridized carbons (Fsp3) is 0.667. The van der Waals surface area contributed by atoms with Gasteiger partial charge in [0, 0.05) is 11.9 Å². The molecule has 0 aliphatic heterocycles. The van der Waals surface area contributed by atoms with E-state index in [4.69, 9.17) is 5.73 Å². The Balaban J connectivity index is 1.92. The molecule has 1 aromatic heterocycles. The molecule has 0 bridgehead atoms. The first kappa shape index (κ1) is 12.5. The Bertz CT molecular complexity index is 396. The third kappa shape index (κ3) is 2.66. The summed E-state index contributed by atoms with van der Waals surface area (Å²) in [6.07, 6.45) is 4.07. The molecule has 1 heterocycles. The predicted octanol–water partition coefficient (Wildman–Crippen LogP) is 1.59. The smallest absolute Gasteiger partial charge is 0.227 e. The van der Waals surface area contributed by atoms with Gasteiger partial charge in [-0.1, -0.05) is 12.8 Å². The monoisotopic (exact) mass is 253 g/mol. The van der Waals surface area contributed by atoms with Crippen molar-refractivity contribution in [1.82, 2.24) is 10.3 Å². The Morgan fingerprint density at radius 3 is 2.82 bits per heavy atom. The molecule has 0 aromatic carbocycles. The lowest BCUT2D eigenvalue weighted by Gasteiger charge is -2.25. The lowest BCUT2D eigenvalue weighted by atomic mass is 9.85. The van der Waals surface area contributed by atoms with Gasteiger partial charge in [-0.25, -0.2) is 4.98 Å². The van der Waals surface area contributed by atoms with Gasteiger partial charge in [-0.15, -0.1) is 11.3 Å². The minimum atomic E-state index is -0.314. The number of hydrogen-bond donors (Lipinski definition) is 2. The normalized spacial score (nSPS) is 18.2. The molecule has 1 aromatic rings. The number of nitrogens with two attached hydrogens (primary N) is 1. The number of carbonyl (C=O) groups is 1. The van der Waals surface area contributed by atoms with Crippen molar-refractivity contribution in [3.8, 4) is 0 Å². The van der Waals surface area contributed by atoms with Gasteiger partial charge in [0.25, 0.3) is 0 Å². The molecule has 1 aliphatic carbocycles. The van der Waals surface area contributed by atoms with Crippen LogP contribution in [0.2, 0.25) is 0 Å². The van der Waals surface area contributed by atoms with Crippen molar-refractivity contribution in [2.24, 2.45) is 11.1 Å². The molecular formula is C12H19N3OS. The van der Waals surface area contributed by atoms with Crippen LogP contribution in [0, 0.1) is 12.3 Å². The van der Waals surface area contributed by atoms with Crippen molar-refractivity contribution < 1.29 is 4.79 Å². The second-order valence-electron chi connectivity index (χ2n) is 4.73. The molecule has 1 fully saturated rings. The highest BCUT2D eigenvalue weighted by molar-refractivity contribution is 7.09. The molecule has 94 valence electrons. The maximum absolute atomic E-state index is 12.2. The second-order valence-corrected chi connectivity index (χ2v) is 5.79. The molecule has 0 saturated heterocycles. The highest BCUT2D eigenvalue weighted by atomic mass is 32.1. The quantitative estimate of drug-likeness (QED) is 0.856. The number of carbonyl (C=O) groups excluding carboxylic acids is 1. The predicted molar refractivity (Wildman–Crippen MR) is 68.7 cm³/mol. The SMILES string of the molecule is Cc1nc(CNC(=O)C2(CN)CCCC2)cs1. The summed E-state index contributed by atoms with van der Waals surface area (Å²) in [4.78, 5) is 16.5. The summed E-state index contributed by atoms with van der Waals surface area (Å²) in [6.45, 7) is 2.94. The summed E-state index contributed by atoms with van der Waals surface area (Å²) in [5, 5.41) is 5.99. The average molecular weight is 253 g/mol. The van der Waals surface area contributed by atoms with Crippen LogP contribution in [-0.2, 0) is 11.3 Å². The molecule has 3 N–H and O–H groups in total. The highest BCUT2D eigenvalue weighted by Crippen LogP contribution is 2.37. The van der Waals surface area contributed by atoms with Crippen molar-refractivity contribution in [3.63, 3.8) is 0 Å². The summed E-state index contributed by atoms with van der Waals surface area (Å²) in [7, 11) is 0. The lowest BCUT2D eigenvalue weighted by Crippen LogP contribution is -2.43. The number of nitrogens with one attached hydrogen (secondary N) is 1.